The summed E-state index contributed by atoms with van der Waals surface area (Å²) >= 11 is 5.86. The lowest BCUT2D eigenvalue weighted by molar-refractivity contribution is -0.149. The SMILES string of the molecule is CC(C)(Br)C(=O)OCC(Br)C([O])=O. The summed E-state index contributed by atoms with van der Waals surface area (Å²) in [5, 5.41) is 10.2. The molecule has 13 heavy (non-hydrogen) atoms. The number of hydrogen-bond acceptors (Lipinski definition) is 3. The normalized spacial score (nSPS) is 13.5. The third-order valence-corrected chi connectivity index (χ3v) is 2.06. The summed E-state index contributed by atoms with van der Waals surface area (Å²) in [6.07, 6.45) is 0. The van der Waals surface area contributed by atoms with Crippen LogP contribution in [-0.2, 0) is 19.4 Å². The third-order valence-electron chi connectivity index (χ3n) is 1.10. The van der Waals surface area contributed by atoms with E-state index in [9.17, 15) is 14.7 Å². The smallest absolute Gasteiger partial charge is 0.372 e. The lowest BCUT2D eigenvalue weighted by atomic mass is 10.2. The fraction of sp³-hybridized carbons (Fsp3) is 0.714. The van der Waals surface area contributed by atoms with E-state index in [2.05, 4.69) is 36.6 Å². The minimum absolute atomic E-state index is 0.240. The van der Waals surface area contributed by atoms with Crippen LogP contribution in [0.1, 0.15) is 13.8 Å². The monoisotopic (exact) mass is 315 g/mol. The molecule has 0 aromatic rings. The molecule has 0 rings (SSSR count). The van der Waals surface area contributed by atoms with Gasteiger partial charge in [-0.05, 0) is 13.8 Å². The van der Waals surface area contributed by atoms with E-state index in [0.29, 0.717) is 0 Å². The van der Waals surface area contributed by atoms with Gasteiger partial charge < -0.3 is 4.74 Å². The highest BCUT2D eigenvalue weighted by molar-refractivity contribution is 9.10. The highest BCUT2D eigenvalue weighted by Crippen LogP contribution is 2.18. The molecule has 0 bridgehead atoms. The first-order valence-corrected chi connectivity index (χ1v) is 5.17. The van der Waals surface area contributed by atoms with Gasteiger partial charge >= 0.3 is 11.9 Å². The van der Waals surface area contributed by atoms with Gasteiger partial charge in [-0.1, -0.05) is 31.9 Å². The van der Waals surface area contributed by atoms with Crippen molar-refractivity contribution in [2.24, 2.45) is 0 Å². The predicted octanol–water partition coefficient (Wildman–Crippen LogP) is 1.42. The molecule has 0 aliphatic heterocycles. The maximum atomic E-state index is 11.1. The Morgan fingerprint density at radius 2 is 1.92 bits per heavy atom. The van der Waals surface area contributed by atoms with Crippen LogP contribution in [0.5, 0.6) is 0 Å². The molecule has 0 fully saturated rings. The Bertz CT molecular complexity index is 209. The zero-order valence-corrected chi connectivity index (χ0v) is 10.3. The summed E-state index contributed by atoms with van der Waals surface area (Å²) in [6, 6.07) is 0. The van der Waals surface area contributed by atoms with Crippen LogP contribution < -0.4 is 0 Å². The molecule has 0 N–H and O–H groups in total. The number of carbonyl (C=O) groups is 2. The van der Waals surface area contributed by atoms with Gasteiger partial charge in [-0.3, -0.25) is 4.79 Å². The first kappa shape index (κ1) is 12.9. The number of alkyl halides is 2. The van der Waals surface area contributed by atoms with E-state index in [1.807, 2.05) is 0 Å². The van der Waals surface area contributed by atoms with Gasteiger partial charge in [0, 0.05) is 0 Å². The molecule has 4 nitrogen and oxygen atoms in total. The minimum atomic E-state index is -1.31. The van der Waals surface area contributed by atoms with Gasteiger partial charge in [-0.25, -0.2) is 9.90 Å². The van der Waals surface area contributed by atoms with Crippen LogP contribution in [0.4, 0.5) is 0 Å². The molecular weight excluding hydrogens is 308 g/mol. The highest BCUT2D eigenvalue weighted by atomic mass is 79.9. The molecule has 1 radical (unpaired) electrons. The molecule has 0 aromatic carbocycles. The van der Waals surface area contributed by atoms with Crippen LogP contribution in [0.25, 0.3) is 0 Å². The van der Waals surface area contributed by atoms with E-state index < -0.39 is 21.1 Å². The Kier molecular flexibility index (Phi) is 4.91. The fourth-order valence-electron chi connectivity index (χ4n) is 0.389. The maximum Gasteiger partial charge on any atom is 0.372 e. The van der Waals surface area contributed by atoms with E-state index in [1.165, 1.54) is 0 Å². The topological polar surface area (TPSA) is 63.3 Å². The van der Waals surface area contributed by atoms with E-state index in [1.54, 1.807) is 13.8 Å². The van der Waals surface area contributed by atoms with Crippen molar-refractivity contribution >= 4 is 43.8 Å². The summed E-state index contributed by atoms with van der Waals surface area (Å²) in [5.41, 5.74) is 0. The number of esters is 1. The van der Waals surface area contributed by atoms with Gasteiger partial charge in [0.2, 0.25) is 0 Å². The molecule has 0 amide bonds. The molecule has 1 atom stereocenters. The summed E-state index contributed by atoms with van der Waals surface area (Å²) in [7, 11) is 0. The fourth-order valence-corrected chi connectivity index (χ4v) is 0.635. The Morgan fingerprint density at radius 1 is 1.46 bits per heavy atom. The zero-order chi connectivity index (χ0) is 10.6. The van der Waals surface area contributed by atoms with Gasteiger partial charge in [-0.15, -0.1) is 0 Å². The van der Waals surface area contributed by atoms with Crippen molar-refractivity contribution in [3.05, 3.63) is 0 Å². The Morgan fingerprint density at radius 3 is 2.23 bits per heavy atom. The summed E-state index contributed by atoms with van der Waals surface area (Å²) in [6.45, 7) is 2.98. The van der Waals surface area contributed by atoms with Gasteiger partial charge in [0.1, 0.15) is 10.9 Å². The van der Waals surface area contributed by atoms with Crippen molar-refractivity contribution in [1.82, 2.24) is 0 Å². The first-order valence-electron chi connectivity index (χ1n) is 3.46. The summed E-state index contributed by atoms with van der Waals surface area (Å²) in [5.74, 6) is -1.82. The lowest BCUT2D eigenvalue weighted by Crippen LogP contribution is -2.30. The number of halogens is 2. The second kappa shape index (κ2) is 4.95. The van der Waals surface area contributed by atoms with Crippen molar-refractivity contribution in [2.75, 3.05) is 6.61 Å². The molecule has 0 aliphatic carbocycles. The molecular formula is C7H9Br2O4. The number of ether oxygens (including phenoxy) is 1. The van der Waals surface area contributed by atoms with Crippen LogP contribution >= 0.6 is 31.9 Å². The summed E-state index contributed by atoms with van der Waals surface area (Å²) in [4.78, 5) is 20.3. The second-order valence-corrected chi connectivity index (χ2v) is 5.95. The van der Waals surface area contributed by atoms with E-state index >= 15 is 0 Å². The minimum Gasteiger partial charge on any atom is -0.463 e. The molecule has 0 saturated heterocycles. The number of rotatable bonds is 4. The lowest BCUT2D eigenvalue weighted by Gasteiger charge is -2.15. The quantitative estimate of drug-likeness (QED) is 0.582. The molecule has 0 saturated carbocycles. The van der Waals surface area contributed by atoms with Crippen molar-refractivity contribution in [3.63, 3.8) is 0 Å². The van der Waals surface area contributed by atoms with E-state index in [0.717, 1.165) is 0 Å². The van der Waals surface area contributed by atoms with Crippen LogP contribution in [-0.4, -0.2) is 27.7 Å². The molecule has 0 spiro atoms. The zero-order valence-electron chi connectivity index (χ0n) is 7.17. The van der Waals surface area contributed by atoms with Crippen molar-refractivity contribution in [2.45, 2.75) is 23.0 Å². The van der Waals surface area contributed by atoms with Crippen LogP contribution in [0.3, 0.4) is 0 Å². The van der Waals surface area contributed by atoms with E-state index in [4.69, 9.17) is 0 Å². The van der Waals surface area contributed by atoms with Gasteiger partial charge in [0.15, 0.2) is 4.83 Å². The molecule has 0 heterocycles. The van der Waals surface area contributed by atoms with Gasteiger partial charge in [0.05, 0.1) is 0 Å². The number of hydrogen-bond donors (Lipinski definition) is 0. The first-order chi connectivity index (χ1) is 5.75. The Hall–Kier alpha value is -0.100. The number of carbonyl (C=O) groups excluding carboxylic acids is 2. The van der Waals surface area contributed by atoms with Crippen molar-refractivity contribution in [3.8, 4) is 0 Å². The largest absolute Gasteiger partial charge is 0.463 e. The van der Waals surface area contributed by atoms with Gasteiger partial charge in [0.25, 0.3) is 0 Å². The molecule has 1 unspecified atom stereocenters. The molecule has 0 aromatic heterocycles. The second-order valence-electron chi connectivity index (χ2n) is 2.86. The van der Waals surface area contributed by atoms with Crippen LogP contribution in [0.15, 0.2) is 0 Å². The van der Waals surface area contributed by atoms with E-state index in [-0.39, 0.29) is 6.61 Å². The Labute approximate surface area is 92.9 Å². The van der Waals surface area contributed by atoms with Crippen LogP contribution in [0, 0.1) is 0 Å². The average molecular weight is 317 g/mol. The molecule has 6 heteroatoms. The predicted molar refractivity (Wildman–Crippen MR) is 52.4 cm³/mol. The third kappa shape index (κ3) is 5.25. The van der Waals surface area contributed by atoms with Crippen molar-refractivity contribution < 1.29 is 19.4 Å². The Balaban J connectivity index is 3.91. The average Bonchev–Trinajstić information content (AvgIpc) is 1.97. The van der Waals surface area contributed by atoms with Crippen LogP contribution in [0.2, 0.25) is 0 Å². The standard InChI is InChI=1S/C7H9Br2O4/c1-7(2,9)6(12)13-3-4(8)5(10)11/h4H,3H2,1-2H3. The molecule has 0 aliphatic rings. The highest BCUT2D eigenvalue weighted by Gasteiger charge is 2.27. The van der Waals surface area contributed by atoms with Gasteiger partial charge in [-0.2, -0.15) is 0 Å². The molecule has 75 valence electrons. The summed E-state index contributed by atoms with van der Waals surface area (Å²) < 4.78 is 3.88. The maximum absolute atomic E-state index is 11.1. The van der Waals surface area contributed by atoms with Crippen molar-refractivity contribution in [1.29, 1.82) is 0 Å².